The van der Waals surface area contributed by atoms with E-state index < -0.39 is 0 Å². The fourth-order valence-electron chi connectivity index (χ4n) is 2.47. The molecule has 5 heteroatoms. The first-order valence-corrected chi connectivity index (χ1v) is 8.41. The molecular weight excluding hydrogens is 318 g/mol. The van der Waals surface area contributed by atoms with Gasteiger partial charge in [0, 0.05) is 26.8 Å². The second-order valence-corrected chi connectivity index (χ2v) is 5.83. The first-order valence-electron chi connectivity index (χ1n) is 8.41. The predicted molar refractivity (Wildman–Crippen MR) is 96.3 cm³/mol. The van der Waals surface area contributed by atoms with Crippen molar-refractivity contribution in [2.75, 3.05) is 20.3 Å². The minimum absolute atomic E-state index is 0.189. The van der Waals surface area contributed by atoms with Gasteiger partial charge in [0.25, 0.3) is 0 Å². The van der Waals surface area contributed by atoms with Gasteiger partial charge in [0.2, 0.25) is 0 Å². The van der Waals surface area contributed by atoms with Crippen molar-refractivity contribution >= 4 is 6.09 Å². The number of unbranched alkanes of at least 4 members (excludes halogenated alkanes) is 1. The highest BCUT2D eigenvalue weighted by molar-refractivity contribution is 5.67. The molecule has 1 amide bonds. The molecule has 0 saturated heterocycles. The number of hydrogen-bond donors (Lipinski definition) is 1. The lowest BCUT2D eigenvalue weighted by molar-refractivity contribution is 0.0916. The van der Waals surface area contributed by atoms with Crippen molar-refractivity contribution in [3.05, 3.63) is 65.7 Å². The minimum atomic E-state index is -0.357. The Balaban J connectivity index is 1.95. The largest absolute Gasteiger partial charge is 0.508 e. The molecule has 0 aromatic heterocycles. The fraction of sp³-hybridized carbons (Fsp3) is 0.350. The molecule has 0 saturated carbocycles. The lowest BCUT2D eigenvalue weighted by atomic mass is 10.2. The van der Waals surface area contributed by atoms with Crippen LogP contribution in [0.2, 0.25) is 0 Å². The van der Waals surface area contributed by atoms with Crippen molar-refractivity contribution in [3.63, 3.8) is 0 Å². The molecular formula is C20H25NO4. The Morgan fingerprint density at radius 3 is 2.52 bits per heavy atom. The molecule has 0 aliphatic carbocycles. The Bertz CT molecular complexity index is 645. The molecule has 0 aliphatic heterocycles. The van der Waals surface area contributed by atoms with Crippen molar-refractivity contribution < 1.29 is 19.4 Å². The zero-order valence-corrected chi connectivity index (χ0v) is 14.6. The van der Waals surface area contributed by atoms with Crippen LogP contribution in [-0.4, -0.2) is 36.4 Å². The number of aromatic hydroxyl groups is 1. The maximum absolute atomic E-state index is 12.5. The molecule has 2 aromatic rings. The Kier molecular flexibility index (Phi) is 7.79. The van der Waals surface area contributed by atoms with Gasteiger partial charge in [0.1, 0.15) is 12.4 Å². The molecule has 0 fully saturated rings. The van der Waals surface area contributed by atoms with Crippen LogP contribution >= 0.6 is 0 Å². The highest BCUT2D eigenvalue weighted by atomic mass is 16.6. The fourth-order valence-corrected chi connectivity index (χ4v) is 2.47. The summed E-state index contributed by atoms with van der Waals surface area (Å²) >= 11 is 0. The SMILES string of the molecule is COCCCCN(Cc1cccc(O)c1)C(=O)OCc1ccccc1. The van der Waals surface area contributed by atoms with Crippen molar-refractivity contribution in [1.82, 2.24) is 4.90 Å². The summed E-state index contributed by atoms with van der Waals surface area (Å²) in [5.74, 6) is 0.189. The maximum atomic E-state index is 12.5. The quantitative estimate of drug-likeness (QED) is 0.700. The van der Waals surface area contributed by atoms with Gasteiger partial charge in [-0.05, 0) is 36.1 Å². The average molecular weight is 343 g/mol. The summed E-state index contributed by atoms with van der Waals surface area (Å²) in [4.78, 5) is 14.1. The summed E-state index contributed by atoms with van der Waals surface area (Å²) in [6.45, 7) is 1.88. The number of nitrogens with zero attached hydrogens (tertiary/aromatic N) is 1. The number of rotatable bonds is 9. The van der Waals surface area contributed by atoms with Gasteiger partial charge in [0.05, 0.1) is 0 Å². The molecule has 0 bridgehead atoms. The zero-order chi connectivity index (χ0) is 17.9. The zero-order valence-electron chi connectivity index (χ0n) is 14.6. The predicted octanol–water partition coefficient (Wildman–Crippen LogP) is 3.96. The molecule has 0 atom stereocenters. The van der Waals surface area contributed by atoms with Gasteiger partial charge >= 0.3 is 6.09 Å². The van der Waals surface area contributed by atoms with E-state index in [1.165, 1.54) is 0 Å². The second-order valence-electron chi connectivity index (χ2n) is 5.83. The smallest absolute Gasteiger partial charge is 0.410 e. The van der Waals surface area contributed by atoms with Gasteiger partial charge in [-0.3, -0.25) is 0 Å². The third kappa shape index (κ3) is 6.85. The van der Waals surface area contributed by atoms with E-state index in [1.807, 2.05) is 36.4 Å². The van der Waals surface area contributed by atoms with Crippen molar-refractivity contribution in [2.45, 2.75) is 26.0 Å². The summed E-state index contributed by atoms with van der Waals surface area (Å²) in [6, 6.07) is 16.5. The molecule has 0 spiro atoms. The van der Waals surface area contributed by atoms with E-state index in [-0.39, 0.29) is 18.4 Å². The highest BCUT2D eigenvalue weighted by Crippen LogP contribution is 2.15. The normalized spacial score (nSPS) is 10.4. The van der Waals surface area contributed by atoms with Crippen LogP contribution in [-0.2, 0) is 22.6 Å². The number of hydrogen-bond acceptors (Lipinski definition) is 4. The first-order chi connectivity index (χ1) is 12.2. The van der Waals surface area contributed by atoms with Gasteiger partial charge in [0.15, 0.2) is 0 Å². The van der Waals surface area contributed by atoms with Crippen LogP contribution in [0, 0.1) is 0 Å². The van der Waals surface area contributed by atoms with Crippen LogP contribution in [0.4, 0.5) is 4.79 Å². The van der Waals surface area contributed by atoms with Gasteiger partial charge in [-0.2, -0.15) is 0 Å². The molecule has 0 radical (unpaired) electrons. The van der Waals surface area contributed by atoms with Crippen LogP contribution < -0.4 is 0 Å². The summed E-state index contributed by atoms with van der Waals surface area (Å²) in [6.07, 6.45) is 1.34. The summed E-state index contributed by atoms with van der Waals surface area (Å²) in [5.41, 5.74) is 1.82. The third-order valence-corrected chi connectivity index (χ3v) is 3.77. The number of phenols is 1. The highest BCUT2D eigenvalue weighted by Gasteiger charge is 2.15. The first kappa shape index (κ1) is 18.8. The topological polar surface area (TPSA) is 59.0 Å². The number of carbonyl (C=O) groups excluding carboxylic acids is 1. The molecule has 0 unspecified atom stereocenters. The van der Waals surface area contributed by atoms with Crippen LogP contribution in [0.3, 0.4) is 0 Å². The number of amides is 1. The lowest BCUT2D eigenvalue weighted by Crippen LogP contribution is -2.32. The molecule has 2 rings (SSSR count). The molecule has 0 heterocycles. The summed E-state index contributed by atoms with van der Waals surface area (Å²) in [7, 11) is 1.67. The number of phenolic OH excluding ortho intramolecular Hbond substituents is 1. The number of carbonyl (C=O) groups is 1. The molecule has 1 N–H and O–H groups in total. The van der Waals surface area contributed by atoms with Crippen molar-refractivity contribution in [2.24, 2.45) is 0 Å². The van der Waals surface area contributed by atoms with Crippen molar-refractivity contribution in [3.8, 4) is 5.75 Å². The van der Waals surface area contributed by atoms with Crippen LogP contribution in [0.5, 0.6) is 5.75 Å². The molecule has 0 aliphatic rings. The van der Waals surface area contributed by atoms with E-state index in [2.05, 4.69) is 0 Å². The molecule has 5 nitrogen and oxygen atoms in total. The van der Waals surface area contributed by atoms with E-state index >= 15 is 0 Å². The van der Waals surface area contributed by atoms with Crippen LogP contribution in [0.25, 0.3) is 0 Å². The molecule has 134 valence electrons. The second kappa shape index (κ2) is 10.4. The van der Waals surface area contributed by atoms with Gasteiger partial charge in [-0.25, -0.2) is 4.79 Å². The van der Waals surface area contributed by atoms with Gasteiger partial charge in [-0.1, -0.05) is 42.5 Å². The number of benzene rings is 2. The summed E-state index contributed by atoms with van der Waals surface area (Å²) < 4.78 is 10.5. The summed E-state index contributed by atoms with van der Waals surface area (Å²) in [5, 5.41) is 9.61. The average Bonchev–Trinajstić information content (AvgIpc) is 2.63. The van der Waals surface area contributed by atoms with Crippen molar-refractivity contribution in [1.29, 1.82) is 0 Å². The monoisotopic (exact) mass is 343 g/mol. The lowest BCUT2D eigenvalue weighted by Gasteiger charge is -2.22. The van der Waals surface area contributed by atoms with Crippen LogP contribution in [0.15, 0.2) is 54.6 Å². The Morgan fingerprint density at radius 1 is 1.04 bits per heavy atom. The number of ether oxygens (including phenoxy) is 2. The van der Waals surface area contributed by atoms with Gasteiger partial charge in [-0.15, -0.1) is 0 Å². The van der Waals surface area contributed by atoms with E-state index in [4.69, 9.17) is 9.47 Å². The third-order valence-electron chi connectivity index (χ3n) is 3.77. The maximum Gasteiger partial charge on any atom is 0.410 e. The molecule has 25 heavy (non-hydrogen) atoms. The number of methoxy groups -OCH3 is 1. The standard InChI is InChI=1S/C20H25NO4/c1-24-13-6-5-12-21(15-18-10-7-11-19(22)14-18)20(23)25-16-17-8-3-2-4-9-17/h2-4,7-11,14,22H,5-6,12-13,15-16H2,1H3. The Hall–Kier alpha value is -2.53. The van der Waals surface area contributed by atoms with E-state index in [0.717, 1.165) is 24.0 Å². The Morgan fingerprint density at radius 2 is 1.80 bits per heavy atom. The van der Waals surface area contributed by atoms with Gasteiger partial charge < -0.3 is 19.5 Å². The minimum Gasteiger partial charge on any atom is -0.508 e. The van der Waals surface area contributed by atoms with E-state index in [9.17, 15) is 9.90 Å². The van der Waals surface area contributed by atoms with Crippen LogP contribution in [0.1, 0.15) is 24.0 Å². The Labute approximate surface area is 148 Å². The van der Waals surface area contributed by atoms with E-state index in [1.54, 1.807) is 30.2 Å². The molecule has 2 aromatic carbocycles. The van der Waals surface area contributed by atoms with E-state index in [0.29, 0.717) is 19.7 Å².